The molecule has 2 heteroatoms. The Bertz CT molecular complexity index is 653. The standard InChI is InChI=1S/C21H23NO/c23-21(22-15-9-1-2-10-16-22)20(19-13-7-4-8-14-19)17-18-11-5-3-6-12-18/h3-8,11-14,17H,1-2,9-10,15-16H2/b20-17+. The van der Waals surface area contributed by atoms with Crippen molar-refractivity contribution in [1.29, 1.82) is 0 Å². The minimum Gasteiger partial charge on any atom is -0.339 e. The molecule has 2 nitrogen and oxygen atoms in total. The second kappa shape index (κ2) is 7.77. The number of carbonyl (C=O) groups excluding carboxylic acids is 1. The van der Waals surface area contributed by atoms with E-state index in [4.69, 9.17) is 0 Å². The van der Waals surface area contributed by atoms with E-state index in [1.807, 2.05) is 71.6 Å². The zero-order valence-electron chi connectivity index (χ0n) is 13.4. The van der Waals surface area contributed by atoms with Gasteiger partial charge in [0.05, 0.1) is 0 Å². The zero-order chi connectivity index (χ0) is 15.9. The average Bonchev–Trinajstić information content (AvgIpc) is 2.90. The summed E-state index contributed by atoms with van der Waals surface area (Å²) in [5.41, 5.74) is 2.85. The van der Waals surface area contributed by atoms with Crippen LogP contribution in [0.5, 0.6) is 0 Å². The third-order valence-electron chi connectivity index (χ3n) is 4.32. The summed E-state index contributed by atoms with van der Waals surface area (Å²) < 4.78 is 0. The molecule has 0 radical (unpaired) electrons. The lowest BCUT2D eigenvalue weighted by Crippen LogP contribution is -2.32. The highest BCUT2D eigenvalue weighted by molar-refractivity contribution is 6.24. The number of rotatable bonds is 3. The molecule has 3 rings (SSSR count). The Hall–Kier alpha value is -2.35. The van der Waals surface area contributed by atoms with Crippen LogP contribution in [0.4, 0.5) is 0 Å². The van der Waals surface area contributed by atoms with Crippen molar-refractivity contribution in [3.63, 3.8) is 0 Å². The molecule has 0 aliphatic carbocycles. The number of benzene rings is 2. The van der Waals surface area contributed by atoms with Crippen molar-refractivity contribution in [2.45, 2.75) is 25.7 Å². The maximum Gasteiger partial charge on any atom is 0.254 e. The molecule has 0 spiro atoms. The largest absolute Gasteiger partial charge is 0.339 e. The number of hydrogen-bond acceptors (Lipinski definition) is 1. The molecule has 2 aromatic rings. The number of nitrogens with zero attached hydrogens (tertiary/aromatic N) is 1. The Morgan fingerprint density at radius 3 is 1.96 bits per heavy atom. The van der Waals surface area contributed by atoms with E-state index in [1.165, 1.54) is 12.8 Å². The first-order valence-corrected chi connectivity index (χ1v) is 8.46. The first-order chi connectivity index (χ1) is 11.3. The van der Waals surface area contributed by atoms with Crippen LogP contribution in [0.25, 0.3) is 11.6 Å². The highest BCUT2D eigenvalue weighted by atomic mass is 16.2. The van der Waals surface area contributed by atoms with Gasteiger partial charge in [-0.25, -0.2) is 0 Å². The lowest BCUT2D eigenvalue weighted by molar-refractivity contribution is -0.124. The van der Waals surface area contributed by atoms with Crippen LogP contribution < -0.4 is 0 Å². The van der Waals surface area contributed by atoms with Gasteiger partial charge in [0.25, 0.3) is 5.91 Å². The van der Waals surface area contributed by atoms with Crippen molar-refractivity contribution in [1.82, 2.24) is 4.90 Å². The molecule has 1 saturated heterocycles. The van der Waals surface area contributed by atoms with Crippen LogP contribution in [0, 0.1) is 0 Å². The summed E-state index contributed by atoms with van der Waals surface area (Å²) in [4.78, 5) is 15.1. The van der Waals surface area contributed by atoms with Crippen LogP contribution in [0.1, 0.15) is 36.8 Å². The van der Waals surface area contributed by atoms with Gasteiger partial charge in [-0.05, 0) is 30.0 Å². The Morgan fingerprint density at radius 1 is 0.783 bits per heavy atom. The fourth-order valence-electron chi connectivity index (χ4n) is 3.05. The number of amides is 1. The molecule has 1 fully saturated rings. The highest BCUT2D eigenvalue weighted by Gasteiger charge is 2.20. The van der Waals surface area contributed by atoms with Gasteiger partial charge in [-0.2, -0.15) is 0 Å². The first-order valence-electron chi connectivity index (χ1n) is 8.46. The summed E-state index contributed by atoms with van der Waals surface area (Å²) in [6, 6.07) is 20.1. The van der Waals surface area contributed by atoms with Gasteiger partial charge >= 0.3 is 0 Å². The molecule has 0 saturated carbocycles. The minimum atomic E-state index is 0.155. The lowest BCUT2D eigenvalue weighted by Gasteiger charge is -2.22. The fraction of sp³-hybridized carbons (Fsp3) is 0.286. The average molecular weight is 305 g/mol. The molecule has 0 aromatic heterocycles. The zero-order valence-corrected chi connectivity index (χ0v) is 13.4. The fourth-order valence-corrected chi connectivity index (χ4v) is 3.05. The Kier molecular flexibility index (Phi) is 5.25. The Balaban J connectivity index is 1.95. The molecule has 1 aliphatic heterocycles. The predicted octanol–water partition coefficient (Wildman–Crippen LogP) is 4.63. The van der Waals surface area contributed by atoms with E-state index >= 15 is 0 Å². The lowest BCUT2D eigenvalue weighted by atomic mass is 10.0. The highest BCUT2D eigenvalue weighted by Crippen LogP contribution is 2.22. The van der Waals surface area contributed by atoms with Crippen LogP contribution in [0.3, 0.4) is 0 Å². The molecule has 1 amide bonds. The molecule has 1 heterocycles. The van der Waals surface area contributed by atoms with Crippen LogP contribution in [0.2, 0.25) is 0 Å². The van der Waals surface area contributed by atoms with E-state index in [0.717, 1.165) is 42.6 Å². The SMILES string of the molecule is O=C(/C(=C/c1ccccc1)c1ccccc1)N1CCCCCC1. The van der Waals surface area contributed by atoms with Crippen molar-refractivity contribution in [3.05, 3.63) is 71.8 Å². The topological polar surface area (TPSA) is 20.3 Å². The minimum absolute atomic E-state index is 0.155. The Morgan fingerprint density at radius 2 is 1.35 bits per heavy atom. The van der Waals surface area contributed by atoms with Gasteiger partial charge in [0.2, 0.25) is 0 Å². The number of likely N-dealkylation sites (tertiary alicyclic amines) is 1. The third-order valence-corrected chi connectivity index (χ3v) is 4.32. The van der Waals surface area contributed by atoms with E-state index in [0.29, 0.717) is 0 Å². The Labute approximate surface area is 138 Å². The van der Waals surface area contributed by atoms with Gasteiger partial charge in [0.15, 0.2) is 0 Å². The van der Waals surface area contributed by atoms with Crippen molar-refractivity contribution in [2.75, 3.05) is 13.1 Å². The second-order valence-corrected chi connectivity index (χ2v) is 6.04. The molecule has 0 bridgehead atoms. The van der Waals surface area contributed by atoms with Gasteiger partial charge in [0.1, 0.15) is 0 Å². The quantitative estimate of drug-likeness (QED) is 0.598. The molecule has 0 N–H and O–H groups in total. The molecule has 2 aromatic carbocycles. The molecule has 23 heavy (non-hydrogen) atoms. The van der Waals surface area contributed by atoms with Crippen LogP contribution in [-0.4, -0.2) is 23.9 Å². The predicted molar refractivity (Wildman–Crippen MR) is 95.8 cm³/mol. The van der Waals surface area contributed by atoms with Gasteiger partial charge in [-0.15, -0.1) is 0 Å². The normalized spacial score (nSPS) is 16.0. The summed E-state index contributed by atoms with van der Waals surface area (Å²) in [5.74, 6) is 0.155. The second-order valence-electron chi connectivity index (χ2n) is 6.04. The molecular weight excluding hydrogens is 282 g/mol. The molecule has 0 atom stereocenters. The molecular formula is C21H23NO. The van der Waals surface area contributed by atoms with Crippen LogP contribution in [0.15, 0.2) is 60.7 Å². The molecule has 118 valence electrons. The van der Waals surface area contributed by atoms with Crippen molar-refractivity contribution < 1.29 is 4.79 Å². The number of carbonyl (C=O) groups is 1. The van der Waals surface area contributed by atoms with Gasteiger partial charge in [0, 0.05) is 18.7 Å². The van der Waals surface area contributed by atoms with Crippen molar-refractivity contribution in [3.8, 4) is 0 Å². The first kappa shape index (κ1) is 15.5. The maximum absolute atomic E-state index is 13.1. The number of hydrogen-bond donors (Lipinski definition) is 0. The molecule has 1 aliphatic rings. The van der Waals surface area contributed by atoms with E-state index in [-0.39, 0.29) is 5.91 Å². The van der Waals surface area contributed by atoms with E-state index in [9.17, 15) is 4.79 Å². The summed E-state index contributed by atoms with van der Waals surface area (Å²) >= 11 is 0. The smallest absolute Gasteiger partial charge is 0.254 e. The van der Waals surface area contributed by atoms with Gasteiger partial charge in [-0.1, -0.05) is 73.5 Å². The summed E-state index contributed by atoms with van der Waals surface area (Å²) in [7, 11) is 0. The monoisotopic (exact) mass is 305 g/mol. The van der Waals surface area contributed by atoms with Gasteiger partial charge in [-0.3, -0.25) is 4.79 Å². The maximum atomic E-state index is 13.1. The van der Waals surface area contributed by atoms with E-state index in [1.54, 1.807) is 0 Å². The van der Waals surface area contributed by atoms with Crippen molar-refractivity contribution >= 4 is 17.6 Å². The molecule has 0 unspecified atom stereocenters. The van der Waals surface area contributed by atoms with Gasteiger partial charge < -0.3 is 4.90 Å². The van der Waals surface area contributed by atoms with E-state index in [2.05, 4.69) is 0 Å². The third kappa shape index (κ3) is 4.10. The van der Waals surface area contributed by atoms with Crippen LogP contribution >= 0.6 is 0 Å². The summed E-state index contributed by atoms with van der Waals surface area (Å²) in [6.45, 7) is 1.75. The van der Waals surface area contributed by atoms with Crippen LogP contribution in [-0.2, 0) is 4.79 Å². The summed E-state index contributed by atoms with van der Waals surface area (Å²) in [5, 5.41) is 0. The van der Waals surface area contributed by atoms with E-state index < -0.39 is 0 Å². The van der Waals surface area contributed by atoms with Crippen molar-refractivity contribution in [2.24, 2.45) is 0 Å². The summed E-state index contributed by atoms with van der Waals surface area (Å²) in [6.07, 6.45) is 6.69.